The van der Waals surface area contributed by atoms with E-state index in [2.05, 4.69) is 25.9 Å². The van der Waals surface area contributed by atoms with Gasteiger partial charge < -0.3 is 42.0 Å². The Kier molecular flexibility index (Phi) is 12.6. The van der Waals surface area contributed by atoms with E-state index >= 15 is 0 Å². The molecular formula is C19H30N6O8S. The summed E-state index contributed by atoms with van der Waals surface area (Å²) in [6, 6.07) is -5.10. The summed E-state index contributed by atoms with van der Waals surface area (Å²) in [5.41, 5.74) is 6.52. The topological polar surface area (TPSA) is 237 Å². The van der Waals surface area contributed by atoms with Crippen LogP contribution in [0.5, 0.6) is 0 Å². The standard InChI is InChI=1S/C19H30N6O8S/c1-34-5-4-12(23-16(29)11(20)6-10-7-21-9-22-10)17(30)25-14(8-26)18(31)24-13(19(32)33)2-3-15(27)28/h7,9,11-14,26H,2-6,8,20H2,1H3,(H,21,22)(H,23,29)(H,24,31)(H,25,30)(H,27,28)(H,32,33). The first-order valence-electron chi connectivity index (χ1n) is 10.3. The SMILES string of the molecule is CSCCC(NC(=O)C(N)Cc1cnc[nH]1)C(=O)NC(CO)C(=O)NC(CCC(=O)O)C(=O)O. The lowest BCUT2D eigenvalue weighted by molar-refractivity contribution is -0.143. The van der Waals surface area contributed by atoms with Crippen molar-refractivity contribution in [2.75, 3.05) is 18.6 Å². The fourth-order valence-corrected chi connectivity index (χ4v) is 3.24. The minimum atomic E-state index is -1.53. The maximum atomic E-state index is 12.8. The first-order chi connectivity index (χ1) is 16.1. The van der Waals surface area contributed by atoms with E-state index in [0.29, 0.717) is 11.4 Å². The van der Waals surface area contributed by atoms with Crippen molar-refractivity contribution in [2.24, 2.45) is 5.73 Å². The molecule has 1 aromatic rings. The number of aliphatic hydroxyl groups is 1. The van der Waals surface area contributed by atoms with Gasteiger partial charge in [0.15, 0.2) is 0 Å². The number of rotatable bonds is 16. The highest BCUT2D eigenvalue weighted by Gasteiger charge is 2.30. The average Bonchev–Trinajstić information content (AvgIpc) is 3.29. The van der Waals surface area contributed by atoms with Gasteiger partial charge in [0.05, 0.1) is 19.0 Å². The van der Waals surface area contributed by atoms with Crippen LogP contribution in [-0.4, -0.2) is 97.7 Å². The van der Waals surface area contributed by atoms with Gasteiger partial charge in [0.25, 0.3) is 0 Å². The number of H-pyrrole nitrogens is 1. The van der Waals surface area contributed by atoms with E-state index in [1.54, 1.807) is 6.26 Å². The molecule has 190 valence electrons. The van der Waals surface area contributed by atoms with E-state index in [1.807, 2.05) is 0 Å². The highest BCUT2D eigenvalue weighted by atomic mass is 32.2. The fraction of sp³-hybridized carbons (Fsp3) is 0.579. The number of nitrogens with zero attached hydrogens (tertiary/aromatic N) is 1. The molecule has 3 amide bonds. The number of nitrogens with two attached hydrogens (primary N) is 1. The number of aliphatic hydroxyl groups excluding tert-OH is 1. The third kappa shape index (κ3) is 10.2. The van der Waals surface area contributed by atoms with E-state index < -0.39 is 66.9 Å². The number of hydrogen-bond acceptors (Lipinski definition) is 9. The fourth-order valence-electron chi connectivity index (χ4n) is 2.77. The first-order valence-corrected chi connectivity index (χ1v) is 11.7. The van der Waals surface area contributed by atoms with Crippen LogP contribution < -0.4 is 21.7 Å². The molecule has 14 nitrogen and oxygen atoms in total. The number of carbonyl (C=O) groups excluding carboxylic acids is 3. The predicted octanol–water partition coefficient (Wildman–Crippen LogP) is -2.57. The van der Waals surface area contributed by atoms with E-state index in [0.717, 1.165) is 0 Å². The lowest BCUT2D eigenvalue weighted by Crippen LogP contribution is -2.58. The number of hydrogen-bond donors (Lipinski definition) is 8. The van der Waals surface area contributed by atoms with Crippen molar-refractivity contribution in [3.63, 3.8) is 0 Å². The molecule has 0 bridgehead atoms. The van der Waals surface area contributed by atoms with Crippen LogP contribution in [0.15, 0.2) is 12.5 Å². The molecule has 0 aliphatic rings. The van der Waals surface area contributed by atoms with Gasteiger partial charge in [-0.15, -0.1) is 0 Å². The molecule has 0 radical (unpaired) electrons. The van der Waals surface area contributed by atoms with Crippen LogP contribution in [0.4, 0.5) is 0 Å². The second-order valence-electron chi connectivity index (χ2n) is 7.31. The quantitative estimate of drug-likeness (QED) is 0.117. The lowest BCUT2D eigenvalue weighted by atomic mass is 10.1. The monoisotopic (exact) mass is 502 g/mol. The highest BCUT2D eigenvalue weighted by Crippen LogP contribution is 2.04. The molecule has 4 atom stereocenters. The molecule has 0 saturated heterocycles. The van der Waals surface area contributed by atoms with Gasteiger partial charge >= 0.3 is 11.9 Å². The lowest BCUT2D eigenvalue weighted by Gasteiger charge is -2.24. The van der Waals surface area contributed by atoms with Gasteiger partial charge in [-0.25, -0.2) is 9.78 Å². The van der Waals surface area contributed by atoms with Crippen molar-refractivity contribution in [1.29, 1.82) is 0 Å². The summed E-state index contributed by atoms with van der Waals surface area (Å²) in [7, 11) is 0. The molecular weight excluding hydrogens is 472 g/mol. The number of thioether (sulfide) groups is 1. The zero-order valence-corrected chi connectivity index (χ0v) is 19.3. The Labute approximate surface area is 199 Å². The molecule has 9 N–H and O–H groups in total. The summed E-state index contributed by atoms with van der Waals surface area (Å²) >= 11 is 1.42. The van der Waals surface area contributed by atoms with Gasteiger partial charge in [-0.05, 0) is 24.9 Å². The highest BCUT2D eigenvalue weighted by molar-refractivity contribution is 7.98. The van der Waals surface area contributed by atoms with Crippen molar-refractivity contribution in [3.05, 3.63) is 18.2 Å². The molecule has 0 spiro atoms. The summed E-state index contributed by atoms with van der Waals surface area (Å²) in [6.07, 6.45) is 4.21. The molecule has 1 rings (SSSR count). The number of aromatic amines is 1. The number of aromatic nitrogens is 2. The minimum Gasteiger partial charge on any atom is -0.481 e. The number of nitrogens with one attached hydrogen (secondary N) is 4. The van der Waals surface area contributed by atoms with Crippen molar-refractivity contribution >= 4 is 41.4 Å². The third-order valence-corrected chi connectivity index (χ3v) is 5.30. The Morgan fingerprint density at radius 1 is 1.03 bits per heavy atom. The van der Waals surface area contributed by atoms with E-state index in [-0.39, 0.29) is 19.3 Å². The molecule has 0 aliphatic heterocycles. The van der Waals surface area contributed by atoms with Gasteiger partial charge in [0, 0.05) is 24.7 Å². The third-order valence-electron chi connectivity index (χ3n) is 4.65. The van der Waals surface area contributed by atoms with Crippen LogP contribution in [0.25, 0.3) is 0 Å². The zero-order valence-electron chi connectivity index (χ0n) is 18.5. The second-order valence-corrected chi connectivity index (χ2v) is 8.29. The normalized spacial score (nSPS) is 14.3. The Balaban J connectivity index is 2.79. The molecule has 1 aromatic heterocycles. The molecule has 4 unspecified atom stereocenters. The zero-order chi connectivity index (χ0) is 25.7. The van der Waals surface area contributed by atoms with E-state index in [4.69, 9.17) is 10.8 Å². The largest absolute Gasteiger partial charge is 0.481 e. The van der Waals surface area contributed by atoms with E-state index in [9.17, 15) is 34.2 Å². The van der Waals surface area contributed by atoms with Crippen LogP contribution in [0.3, 0.4) is 0 Å². The second kappa shape index (κ2) is 14.9. The van der Waals surface area contributed by atoms with Gasteiger partial charge in [0.2, 0.25) is 17.7 Å². The minimum absolute atomic E-state index is 0.150. The maximum Gasteiger partial charge on any atom is 0.326 e. The average molecular weight is 503 g/mol. The van der Waals surface area contributed by atoms with E-state index in [1.165, 1.54) is 24.3 Å². The summed E-state index contributed by atoms with van der Waals surface area (Å²) in [4.78, 5) is 66.3. The number of amides is 3. The Morgan fingerprint density at radius 3 is 2.18 bits per heavy atom. The summed E-state index contributed by atoms with van der Waals surface area (Å²) in [6.45, 7) is -0.856. The number of carboxylic acid groups (broad SMARTS) is 2. The van der Waals surface area contributed by atoms with Crippen LogP contribution in [-0.2, 0) is 30.4 Å². The summed E-state index contributed by atoms with van der Waals surface area (Å²) in [5, 5.41) is 34.3. The number of aliphatic carboxylic acids is 2. The Morgan fingerprint density at radius 2 is 1.65 bits per heavy atom. The predicted molar refractivity (Wildman–Crippen MR) is 121 cm³/mol. The van der Waals surface area contributed by atoms with Gasteiger partial charge in [-0.1, -0.05) is 0 Å². The van der Waals surface area contributed by atoms with Crippen molar-refractivity contribution < 1.29 is 39.3 Å². The van der Waals surface area contributed by atoms with Crippen LogP contribution in [0, 0.1) is 0 Å². The molecule has 0 aromatic carbocycles. The van der Waals surface area contributed by atoms with Crippen molar-refractivity contribution in [3.8, 4) is 0 Å². The van der Waals surface area contributed by atoms with Crippen molar-refractivity contribution in [2.45, 2.75) is 49.9 Å². The molecule has 0 aliphatic carbocycles. The molecule has 34 heavy (non-hydrogen) atoms. The first kappa shape index (κ1) is 28.9. The van der Waals surface area contributed by atoms with Gasteiger partial charge in [-0.2, -0.15) is 11.8 Å². The molecule has 0 saturated carbocycles. The maximum absolute atomic E-state index is 12.8. The van der Waals surface area contributed by atoms with Crippen LogP contribution in [0.1, 0.15) is 25.0 Å². The van der Waals surface area contributed by atoms with Crippen LogP contribution in [0.2, 0.25) is 0 Å². The number of carboxylic acids is 2. The molecule has 1 heterocycles. The van der Waals surface area contributed by atoms with Crippen LogP contribution >= 0.6 is 11.8 Å². The van der Waals surface area contributed by atoms with Crippen molar-refractivity contribution in [1.82, 2.24) is 25.9 Å². The van der Waals surface area contributed by atoms with Gasteiger partial charge in [-0.3, -0.25) is 19.2 Å². The molecule has 0 fully saturated rings. The smallest absolute Gasteiger partial charge is 0.326 e. The Hall–Kier alpha value is -3.17. The van der Waals surface area contributed by atoms with Gasteiger partial charge in [0.1, 0.15) is 18.1 Å². The number of imidazole rings is 1. The summed E-state index contributed by atoms with van der Waals surface area (Å²) < 4.78 is 0. The molecule has 15 heteroatoms. The number of carbonyl (C=O) groups is 5. The Bertz CT molecular complexity index is 837. The summed E-state index contributed by atoms with van der Waals surface area (Å²) in [5.74, 6) is -4.62.